The lowest BCUT2D eigenvalue weighted by molar-refractivity contribution is -0.135. The van der Waals surface area contributed by atoms with E-state index < -0.39 is 22.6 Å². The predicted octanol–water partition coefficient (Wildman–Crippen LogP) is 1.20. The summed E-state index contributed by atoms with van der Waals surface area (Å²) in [6.45, 7) is 13.7. The molecule has 1 atom stereocenters. The Balaban J connectivity index is 4.66. The minimum Gasteiger partial charge on any atom is -0.388 e. The van der Waals surface area contributed by atoms with Gasteiger partial charge in [-0.3, -0.25) is 9.59 Å². The molecule has 0 aromatic heterocycles. The number of aliphatic hydroxyl groups is 1. The Morgan fingerprint density at radius 1 is 1.00 bits per heavy atom. The van der Waals surface area contributed by atoms with Gasteiger partial charge in [-0.25, -0.2) is 0 Å². The first-order valence-electron chi connectivity index (χ1n) is 6.54. The highest BCUT2D eigenvalue weighted by molar-refractivity contribution is 5.89. The molecule has 2 amide bonds. The first-order valence-corrected chi connectivity index (χ1v) is 6.54. The second-order valence-corrected chi connectivity index (χ2v) is 7.12. The van der Waals surface area contributed by atoms with E-state index >= 15 is 0 Å². The van der Waals surface area contributed by atoms with Gasteiger partial charge in [-0.15, -0.1) is 0 Å². The molecule has 0 rings (SSSR count). The molecule has 0 aliphatic rings. The van der Waals surface area contributed by atoms with Gasteiger partial charge in [-0.2, -0.15) is 0 Å². The Morgan fingerprint density at radius 3 is 1.74 bits per heavy atom. The van der Waals surface area contributed by atoms with Gasteiger partial charge >= 0.3 is 0 Å². The van der Waals surface area contributed by atoms with E-state index in [9.17, 15) is 14.7 Å². The van der Waals surface area contributed by atoms with Crippen molar-refractivity contribution in [2.75, 3.05) is 0 Å². The summed E-state index contributed by atoms with van der Waals surface area (Å²) in [5.74, 6) is -0.499. The standard InChI is InChI=1S/C14H28N2O3/c1-9(15-11(18)12(2,3)4)10(17)16-13(5,6)14(7,8)19/h9,19H,1-8H3,(H,15,18)(H,16,17). The zero-order chi connectivity index (χ0) is 15.6. The molecule has 5 heteroatoms. The Morgan fingerprint density at radius 2 is 1.42 bits per heavy atom. The first-order chi connectivity index (χ1) is 8.18. The summed E-state index contributed by atoms with van der Waals surface area (Å²) in [6.07, 6.45) is 0. The molecule has 5 nitrogen and oxygen atoms in total. The summed E-state index contributed by atoms with van der Waals surface area (Å²) in [4.78, 5) is 23.8. The fourth-order valence-corrected chi connectivity index (χ4v) is 1.05. The number of hydrogen-bond donors (Lipinski definition) is 3. The third-order valence-electron chi connectivity index (χ3n) is 3.39. The third-order valence-corrected chi connectivity index (χ3v) is 3.39. The minimum atomic E-state index is -1.06. The number of hydrogen-bond acceptors (Lipinski definition) is 3. The van der Waals surface area contributed by atoms with Crippen molar-refractivity contribution in [2.45, 2.75) is 72.6 Å². The number of carbonyl (C=O) groups excluding carboxylic acids is 2. The van der Waals surface area contributed by atoms with Crippen molar-refractivity contribution >= 4 is 11.8 Å². The molecule has 112 valence electrons. The molecule has 0 saturated heterocycles. The predicted molar refractivity (Wildman–Crippen MR) is 75.6 cm³/mol. The Hall–Kier alpha value is -1.10. The van der Waals surface area contributed by atoms with E-state index in [0.717, 1.165) is 0 Å². The van der Waals surface area contributed by atoms with Crippen LogP contribution in [0.2, 0.25) is 0 Å². The van der Waals surface area contributed by atoms with Crippen molar-refractivity contribution < 1.29 is 14.7 Å². The van der Waals surface area contributed by atoms with Gasteiger partial charge in [0.25, 0.3) is 0 Å². The van der Waals surface area contributed by atoms with Crippen molar-refractivity contribution in [3.63, 3.8) is 0 Å². The molecule has 0 spiro atoms. The zero-order valence-corrected chi connectivity index (χ0v) is 13.3. The van der Waals surface area contributed by atoms with Crippen molar-refractivity contribution in [3.05, 3.63) is 0 Å². The molecule has 0 bridgehead atoms. The van der Waals surface area contributed by atoms with Crippen LogP contribution in [0.5, 0.6) is 0 Å². The van der Waals surface area contributed by atoms with Crippen LogP contribution in [-0.2, 0) is 9.59 Å². The van der Waals surface area contributed by atoms with Crippen molar-refractivity contribution in [3.8, 4) is 0 Å². The quantitative estimate of drug-likeness (QED) is 0.719. The molecular formula is C14H28N2O3. The maximum Gasteiger partial charge on any atom is 0.242 e. The van der Waals surface area contributed by atoms with Crippen LogP contribution in [0.25, 0.3) is 0 Å². The SMILES string of the molecule is CC(NC(=O)C(C)(C)C)C(=O)NC(C)(C)C(C)(C)O. The van der Waals surface area contributed by atoms with E-state index in [4.69, 9.17) is 0 Å². The molecule has 0 aliphatic heterocycles. The molecule has 0 saturated carbocycles. The molecule has 0 radical (unpaired) electrons. The minimum absolute atomic E-state index is 0.184. The molecule has 0 aliphatic carbocycles. The van der Waals surface area contributed by atoms with E-state index in [1.807, 2.05) is 0 Å². The van der Waals surface area contributed by atoms with Gasteiger partial charge in [0.1, 0.15) is 6.04 Å². The third kappa shape index (κ3) is 5.19. The summed E-state index contributed by atoms with van der Waals surface area (Å²) in [7, 11) is 0. The summed E-state index contributed by atoms with van der Waals surface area (Å²) < 4.78 is 0. The monoisotopic (exact) mass is 272 g/mol. The summed E-state index contributed by atoms with van der Waals surface area (Å²) in [5, 5.41) is 15.4. The van der Waals surface area contributed by atoms with Crippen LogP contribution in [0.15, 0.2) is 0 Å². The Labute approximate surface area is 116 Å². The fourth-order valence-electron chi connectivity index (χ4n) is 1.05. The van der Waals surface area contributed by atoms with Crippen molar-refractivity contribution in [1.29, 1.82) is 0 Å². The van der Waals surface area contributed by atoms with Crippen molar-refractivity contribution in [2.24, 2.45) is 5.41 Å². The Bertz CT molecular complexity index is 349. The van der Waals surface area contributed by atoms with Crippen LogP contribution < -0.4 is 10.6 Å². The van der Waals surface area contributed by atoms with E-state index in [1.54, 1.807) is 55.4 Å². The van der Waals surface area contributed by atoms with E-state index in [-0.39, 0.29) is 11.8 Å². The fraction of sp³-hybridized carbons (Fsp3) is 0.857. The summed E-state index contributed by atoms with van der Waals surface area (Å²) >= 11 is 0. The van der Waals surface area contributed by atoms with Crippen LogP contribution in [0.3, 0.4) is 0 Å². The number of carbonyl (C=O) groups is 2. The number of rotatable bonds is 4. The maximum absolute atomic E-state index is 12.0. The topological polar surface area (TPSA) is 78.4 Å². The Kier molecular flexibility index (Phi) is 5.17. The maximum atomic E-state index is 12.0. The second-order valence-electron chi connectivity index (χ2n) is 7.12. The molecule has 19 heavy (non-hydrogen) atoms. The largest absolute Gasteiger partial charge is 0.388 e. The van der Waals surface area contributed by atoms with Gasteiger partial charge in [-0.1, -0.05) is 20.8 Å². The molecule has 1 unspecified atom stereocenters. The van der Waals surface area contributed by atoms with Gasteiger partial charge in [0, 0.05) is 5.41 Å². The van der Waals surface area contributed by atoms with Crippen LogP contribution in [0.4, 0.5) is 0 Å². The summed E-state index contributed by atoms with van der Waals surface area (Å²) in [6, 6.07) is -0.645. The highest BCUT2D eigenvalue weighted by Crippen LogP contribution is 2.20. The van der Waals surface area contributed by atoms with Crippen LogP contribution in [0, 0.1) is 5.41 Å². The van der Waals surface area contributed by atoms with Gasteiger partial charge in [0.15, 0.2) is 0 Å². The number of amides is 2. The lowest BCUT2D eigenvalue weighted by atomic mass is 9.85. The molecule has 3 N–H and O–H groups in total. The lowest BCUT2D eigenvalue weighted by Gasteiger charge is -2.38. The second kappa shape index (κ2) is 5.49. The van der Waals surface area contributed by atoms with Gasteiger partial charge in [0.2, 0.25) is 11.8 Å². The highest BCUT2D eigenvalue weighted by atomic mass is 16.3. The smallest absolute Gasteiger partial charge is 0.242 e. The van der Waals surface area contributed by atoms with E-state index in [0.29, 0.717) is 0 Å². The number of nitrogens with one attached hydrogen (secondary N) is 2. The molecule has 0 fully saturated rings. The van der Waals surface area contributed by atoms with Crippen molar-refractivity contribution in [1.82, 2.24) is 10.6 Å². The van der Waals surface area contributed by atoms with Crippen LogP contribution >= 0.6 is 0 Å². The average molecular weight is 272 g/mol. The molecule has 0 aromatic rings. The van der Waals surface area contributed by atoms with Crippen LogP contribution in [0.1, 0.15) is 55.4 Å². The molecular weight excluding hydrogens is 244 g/mol. The summed E-state index contributed by atoms with van der Waals surface area (Å²) in [5.41, 5.74) is -2.39. The van der Waals surface area contributed by atoms with Crippen LogP contribution in [-0.4, -0.2) is 34.1 Å². The zero-order valence-electron chi connectivity index (χ0n) is 13.3. The molecule has 0 aromatic carbocycles. The van der Waals surface area contributed by atoms with E-state index in [2.05, 4.69) is 10.6 Å². The van der Waals surface area contributed by atoms with Gasteiger partial charge in [0.05, 0.1) is 11.1 Å². The highest BCUT2D eigenvalue weighted by Gasteiger charge is 2.37. The molecule has 0 heterocycles. The van der Waals surface area contributed by atoms with Gasteiger partial charge in [-0.05, 0) is 34.6 Å². The van der Waals surface area contributed by atoms with E-state index in [1.165, 1.54) is 0 Å². The van der Waals surface area contributed by atoms with Gasteiger partial charge < -0.3 is 15.7 Å². The first kappa shape index (κ1) is 17.9. The average Bonchev–Trinajstić information content (AvgIpc) is 2.13. The lowest BCUT2D eigenvalue weighted by Crippen LogP contribution is -2.61. The normalized spacial score (nSPS) is 14.8.